The highest BCUT2D eigenvalue weighted by atomic mass is 16.2. The Morgan fingerprint density at radius 2 is 2.15 bits per heavy atom. The van der Waals surface area contributed by atoms with Crippen LogP contribution in [0.25, 0.3) is 0 Å². The van der Waals surface area contributed by atoms with E-state index in [1.807, 2.05) is 30.2 Å². The second kappa shape index (κ2) is 7.08. The number of carbonyl (C=O) groups excluding carboxylic acids is 1. The molecule has 1 aromatic rings. The van der Waals surface area contributed by atoms with Gasteiger partial charge in [-0.1, -0.05) is 5.57 Å². The number of hydrogen-bond donors (Lipinski definition) is 1. The summed E-state index contributed by atoms with van der Waals surface area (Å²) in [5, 5.41) is 2.90. The van der Waals surface area contributed by atoms with E-state index in [0.717, 1.165) is 13.0 Å². The van der Waals surface area contributed by atoms with Crippen LogP contribution in [0.4, 0.5) is 4.79 Å². The van der Waals surface area contributed by atoms with Crippen LogP contribution in [0, 0.1) is 5.92 Å². The number of likely N-dealkylation sites (N-methyl/N-ethyl adjacent to an activating group) is 1. The topological polar surface area (TPSA) is 45.2 Å². The number of carbonyl (C=O) groups is 1. The quantitative estimate of drug-likeness (QED) is 0.866. The molecule has 0 radical (unpaired) electrons. The summed E-state index contributed by atoms with van der Waals surface area (Å²) in [5.74, 6) is 0.696. The molecule has 0 spiro atoms. The van der Waals surface area contributed by atoms with Crippen molar-refractivity contribution in [3.63, 3.8) is 0 Å². The smallest absolute Gasteiger partial charge is 0.321 e. The molecule has 108 valence electrons. The van der Waals surface area contributed by atoms with Gasteiger partial charge in [-0.25, -0.2) is 4.79 Å². The number of urea groups is 1. The monoisotopic (exact) mass is 273 g/mol. The van der Waals surface area contributed by atoms with E-state index in [2.05, 4.69) is 17.2 Å². The minimum Gasteiger partial charge on any atom is -0.324 e. The molecular weight excluding hydrogens is 250 g/mol. The molecule has 1 aliphatic carbocycles. The first kappa shape index (κ1) is 14.6. The Hall–Kier alpha value is -1.84. The Morgan fingerprint density at radius 3 is 2.75 bits per heavy atom. The SMILES string of the molecule is CCN(CCc1ccncc1)C(=O)N/C=C(\C)C1CC1. The van der Waals surface area contributed by atoms with E-state index in [0.29, 0.717) is 12.5 Å². The van der Waals surface area contributed by atoms with Gasteiger partial charge in [-0.05, 0) is 56.7 Å². The number of pyridine rings is 1. The molecule has 0 aromatic carbocycles. The van der Waals surface area contributed by atoms with Gasteiger partial charge in [0.15, 0.2) is 0 Å². The number of nitrogens with zero attached hydrogens (tertiary/aromatic N) is 2. The molecule has 1 aliphatic rings. The van der Waals surface area contributed by atoms with Crippen LogP contribution in [0.3, 0.4) is 0 Å². The number of aromatic nitrogens is 1. The Morgan fingerprint density at radius 1 is 1.45 bits per heavy atom. The maximum atomic E-state index is 12.1. The molecule has 2 rings (SSSR count). The lowest BCUT2D eigenvalue weighted by Gasteiger charge is -2.20. The zero-order valence-electron chi connectivity index (χ0n) is 12.3. The summed E-state index contributed by atoms with van der Waals surface area (Å²) in [4.78, 5) is 17.9. The minimum atomic E-state index is -0.0124. The van der Waals surface area contributed by atoms with Gasteiger partial charge in [0.2, 0.25) is 0 Å². The minimum absolute atomic E-state index is 0.0124. The summed E-state index contributed by atoms with van der Waals surface area (Å²) in [6.45, 7) is 5.53. The second-order valence-corrected chi connectivity index (χ2v) is 5.30. The van der Waals surface area contributed by atoms with Gasteiger partial charge in [-0.2, -0.15) is 0 Å². The number of nitrogens with one attached hydrogen (secondary N) is 1. The van der Waals surface area contributed by atoms with E-state index < -0.39 is 0 Å². The number of hydrogen-bond acceptors (Lipinski definition) is 2. The molecular formula is C16H23N3O. The molecule has 1 N–H and O–H groups in total. The molecule has 0 atom stereocenters. The summed E-state index contributed by atoms with van der Waals surface area (Å²) in [6, 6.07) is 3.97. The predicted octanol–water partition coefficient (Wildman–Crippen LogP) is 2.97. The molecule has 0 aliphatic heterocycles. The fourth-order valence-corrected chi connectivity index (χ4v) is 2.14. The Kier molecular flexibility index (Phi) is 5.16. The molecule has 1 saturated carbocycles. The first-order valence-electron chi connectivity index (χ1n) is 7.31. The van der Waals surface area contributed by atoms with Crippen LogP contribution in [-0.4, -0.2) is 29.0 Å². The van der Waals surface area contributed by atoms with Gasteiger partial charge in [0.05, 0.1) is 0 Å². The van der Waals surface area contributed by atoms with E-state index in [1.54, 1.807) is 12.4 Å². The maximum absolute atomic E-state index is 12.1. The van der Waals surface area contributed by atoms with Crippen molar-refractivity contribution >= 4 is 6.03 Å². The van der Waals surface area contributed by atoms with E-state index in [1.165, 1.54) is 24.0 Å². The van der Waals surface area contributed by atoms with Crippen molar-refractivity contribution in [2.24, 2.45) is 5.92 Å². The van der Waals surface area contributed by atoms with Crippen molar-refractivity contribution in [1.82, 2.24) is 15.2 Å². The van der Waals surface area contributed by atoms with E-state index >= 15 is 0 Å². The Labute approximate surface area is 120 Å². The van der Waals surface area contributed by atoms with Crippen LogP contribution in [0.1, 0.15) is 32.3 Å². The van der Waals surface area contributed by atoms with Crippen LogP contribution in [0.5, 0.6) is 0 Å². The van der Waals surface area contributed by atoms with Gasteiger partial charge < -0.3 is 10.2 Å². The molecule has 1 fully saturated rings. The lowest BCUT2D eigenvalue weighted by atomic mass is 10.2. The highest BCUT2D eigenvalue weighted by Gasteiger charge is 2.23. The highest BCUT2D eigenvalue weighted by molar-refractivity contribution is 5.75. The van der Waals surface area contributed by atoms with Gasteiger partial charge in [0, 0.05) is 31.7 Å². The molecule has 4 nitrogen and oxygen atoms in total. The lowest BCUT2D eigenvalue weighted by molar-refractivity contribution is 0.205. The Balaban J connectivity index is 1.81. The van der Waals surface area contributed by atoms with Gasteiger partial charge in [0.1, 0.15) is 0 Å². The summed E-state index contributed by atoms with van der Waals surface area (Å²) in [7, 11) is 0. The van der Waals surface area contributed by atoms with Gasteiger partial charge >= 0.3 is 6.03 Å². The molecule has 2 amide bonds. The molecule has 0 saturated heterocycles. The zero-order valence-corrected chi connectivity index (χ0v) is 12.3. The van der Waals surface area contributed by atoms with Crippen molar-refractivity contribution in [1.29, 1.82) is 0 Å². The van der Waals surface area contributed by atoms with Crippen molar-refractivity contribution in [2.45, 2.75) is 33.1 Å². The van der Waals surface area contributed by atoms with Crippen LogP contribution >= 0.6 is 0 Å². The second-order valence-electron chi connectivity index (χ2n) is 5.30. The summed E-state index contributed by atoms with van der Waals surface area (Å²) < 4.78 is 0. The van der Waals surface area contributed by atoms with Gasteiger partial charge in [0.25, 0.3) is 0 Å². The first-order valence-corrected chi connectivity index (χ1v) is 7.31. The van der Waals surface area contributed by atoms with Crippen molar-refractivity contribution in [3.05, 3.63) is 41.9 Å². The fraction of sp³-hybridized carbons (Fsp3) is 0.500. The third-order valence-electron chi connectivity index (χ3n) is 3.73. The molecule has 0 unspecified atom stereocenters. The van der Waals surface area contributed by atoms with Crippen molar-refractivity contribution in [3.8, 4) is 0 Å². The van der Waals surface area contributed by atoms with Gasteiger partial charge in [-0.3, -0.25) is 4.98 Å². The van der Waals surface area contributed by atoms with E-state index in [9.17, 15) is 4.79 Å². The predicted molar refractivity (Wildman–Crippen MR) is 80.2 cm³/mol. The van der Waals surface area contributed by atoms with E-state index in [-0.39, 0.29) is 6.03 Å². The highest BCUT2D eigenvalue weighted by Crippen LogP contribution is 2.35. The van der Waals surface area contributed by atoms with Crippen LogP contribution < -0.4 is 5.32 Å². The fourth-order valence-electron chi connectivity index (χ4n) is 2.14. The largest absolute Gasteiger partial charge is 0.324 e. The summed E-state index contributed by atoms with van der Waals surface area (Å²) in [5.41, 5.74) is 2.49. The average Bonchev–Trinajstić information content (AvgIpc) is 3.31. The van der Waals surface area contributed by atoms with Crippen LogP contribution in [0.15, 0.2) is 36.3 Å². The van der Waals surface area contributed by atoms with E-state index in [4.69, 9.17) is 0 Å². The van der Waals surface area contributed by atoms with Crippen molar-refractivity contribution < 1.29 is 4.79 Å². The Bertz CT molecular complexity index is 466. The normalized spacial score (nSPS) is 15.0. The molecule has 20 heavy (non-hydrogen) atoms. The number of rotatable bonds is 6. The number of amides is 2. The maximum Gasteiger partial charge on any atom is 0.321 e. The zero-order chi connectivity index (χ0) is 14.4. The summed E-state index contributed by atoms with van der Waals surface area (Å²) >= 11 is 0. The first-order chi connectivity index (χ1) is 9.70. The lowest BCUT2D eigenvalue weighted by Crippen LogP contribution is -2.38. The molecule has 4 heteroatoms. The van der Waals surface area contributed by atoms with Crippen LogP contribution in [0.2, 0.25) is 0 Å². The number of allylic oxidation sites excluding steroid dienone is 1. The molecule has 1 heterocycles. The third kappa shape index (κ3) is 4.37. The van der Waals surface area contributed by atoms with Gasteiger partial charge in [-0.15, -0.1) is 0 Å². The molecule has 1 aromatic heterocycles. The van der Waals surface area contributed by atoms with Crippen molar-refractivity contribution in [2.75, 3.05) is 13.1 Å². The average molecular weight is 273 g/mol. The standard InChI is InChI=1S/C16H23N3O/c1-3-19(11-8-14-6-9-17-10-7-14)16(20)18-12-13(2)15-4-5-15/h6-7,9-10,12,15H,3-5,8,11H2,1-2H3,(H,18,20)/b13-12+. The van der Waals surface area contributed by atoms with Crippen LogP contribution in [-0.2, 0) is 6.42 Å². The molecule has 0 bridgehead atoms. The third-order valence-corrected chi connectivity index (χ3v) is 3.73. The summed E-state index contributed by atoms with van der Waals surface area (Å²) in [6.07, 6.45) is 8.82.